The Morgan fingerprint density at radius 3 is 2.25 bits per heavy atom. The lowest BCUT2D eigenvalue weighted by atomic mass is 9.95. The molecule has 0 spiro atoms. The molecule has 1 rings (SSSR count). The number of nitrogens with zero attached hydrogens (tertiary/aromatic N) is 1. The number of carbonyl (C=O) groups excluding carboxylic acids is 1. The van der Waals surface area contributed by atoms with Crippen LogP contribution >= 0.6 is 12.4 Å². The van der Waals surface area contributed by atoms with Gasteiger partial charge < -0.3 is 10.6 Å². The minimum atomic E-state index is -0.323. The van der Waals surface area contributed by atoms with Crippen molar-refractivity contribution < 1.29 is 4.79 Å². The van der Waals surface area contributed by atoms with Crippen LogP contribution < -0.4 is 5.73 Å². The predicted octanol–water partition coefficient (Wildman–Crippen LogP) is 1.90. The first-order valence-electron chi connectivity index (χ1n) is 5.97. The van der Waals surface area contributed by atoms with E-state index >= 15 is 0 Å². The van der Waals surface area contributed by atoms with E-state index in [0.717, 1.165) is 19.5 Å². The summed E-state index contributed by atoms with van der Waals surface area (Å²) in [5.41, 5.74) is 5.87. The number of likely N-dealkylation sites (tertiary alicyclic amines) is 1. The zero-order chi connectivity index (χ0) is 11.6. The zero-order valence-electron chi connectivity index (χ0n) is 10.8. The summed E-state index contributed by atoms with van der Waals surface area (Å²) in [7, 11) is 0. The molecule has 96 valence electrons. The van der Waals surface area contributed by atoms with Crippen molar-refractivity contribution in [2.75, 3.05) is 13.1 Å². The third-order valence-electron chi connectivity index (χ3n) is 3.48. The summed E-state index contributed by atoms with van der Waals surface area (Å²) in [5.74, 6) is 1.69. The van der Waals surface area contributed by atoms with Crippen LogP contribution in [-0.2, 0) is 4.79 Å². The molecule has 2 atom stereocenters. The van der Waals surface area contributed by atoms with Gasteiger partial charge in [0.05, 0.1) is 6.04 Å². The average Bonchev–Trinajstić information content (AvgIpc) is 2.64. The van der Waals surface area contributed by atoms with E-state index in [2.05, 4.69) is 13.8 Å². The van der Waals surface area contributed by atoms with Crippen molar-refractivity contribution in [3.63, 3.8) is 0 Å². The largest absolute Gasteiger partial charge is 0.341 e. The van der Waals surface area contributed by atoms with Gasteiger partial charge in [0, 0.05) is 13.1 Å². The summed E-state index contributed by atoms with van der Waals surface area (Å²) in [6, 6.07) is -0.323. The fraction of sp³-hybridized carbons (Fsp3) is 0.917. The highest BCUT2D eigenvalue weighted by molar-refractivity contribution is 5.85. The fourth-order valence-corrected chi connectivity index (χ4v) is 2.03. The number of nitrogens with two attached hydrogens (primary N) is 1. The van der Waals surface area contributed by atoms with Crippen LogP contribution in [0.5, 0.6) is 0 Å². The SMILES string of the molecule is CC(C)C1CCN(C(=O)[C@H](N)C(C)C)C1.Cl. The second kappa shape index (κ2) is 6.45. The van der Waals surface area contributed by atoms with Gasteiger partial charge in [0.1, 0.15) is 0 Å². The lowest BCUT2D eigenvalue weighted by molar-refractivity contribution is -0.132. The molecule has 1 aliphatic rings. The lowest BCUT2D eigenvalue weighted by Crippen LogP contribution is -2.45. The van der Waals surface area contributed by atoms with Gasteiger partial charge in [0.15, 0.2) is 0 Å². The van der Waals surface area contributed by atoms with Crippen molar-refractivity contribution >= 4 is 18.3 Å². The fourth-order valence-electron chi connectivity index (χ4n) is 2.03. The third kappa shape index (κ3) is 3.63. The van der Waals surface area contributed by atoms with Crippen molar-refractivity contribution in [3.05, 3.63) is 0 Å². The van der Waals surface area contributed by atoms with Crippen molar-refractivity contribution in [3.8, 4) is 0 Å². The molecule has 1 amide bonds. The molecule has 0 aliphatic carbocycles. The molecule has 0 aromatic carbocycles. The van der Waals surface area contributed by atoms with Crippen LogP contribution in [0, 0.1) is 17.8 Å². The number of hydrogen-bond donors (Lipinski definition) is 1. The highest BCUT2D eigenvalue weighted by Gasteiger charge is 2.31. The monoisotopic (exact) mass is 248 g/mol. The molecule has 1 aliphatic heterocycles. The van der Waals surface area contributed by atoms with Crippen LogP contribution in [-0.4, -0.2) is 29.9 Å². The summed E-state index contributed by atoms with van der Waals surface area (Å²) in [6.07, 6.45) is 1.13. The van der Waals surface area contributed by atoms with Gasteiger partial charge >= 0.3 is 0 Å². The zero-order valence-corrected chi connectivity index (χ0v) is 11.6. The minimum Gasteiger partial charge on any atom is -0.341 e. The summed E-state index contributed by atoms with van der Waals surface area (Å²) in [5, 5.41) is 0. The van der Waals surface area contributed by atoms with Crippen LogP contribution in [0.2, 0.25) is 0 Å². The van der Waals surface area contributed by atoms with Crippen LogP contribution in [0.3, 0.4) is 0 Å². The van der Waals surface area contributed by atoms with E-state index in [9.17, 15) is 4.79 Å². The molecule has 0 saturated carbocycles. The summed E-state index contributed by atoms with van der Waals surface area (Å²) >= 11 is 0. The number of hydrogen-bond acceptors (Lipinski definition) is 2. The topological polar surface area (TPSA) is 46.3 Å². The summed E-state index contributed by atoms with van der Waals surface area (Å²) in [4.78, 5) is 13.9. The first kappa shape index (κ1) is 15.7. The molecule has 1 saturated heterocycles. The number of halogens is 1. The van der Waals surface area contributed by atoms with Crippen LogP contribution in [0.15, 0.2) is 0 Å². The van der Waals surface area contributed by atoms with E-state index in [1.165, 1.54) is 0 Å². The number of rotatable bonds is 3. The van der Waals surface area contributed by atoms with Gasteiger partial charge in [-0.05, 0) is 24.2 Å². The molecule has 4 heteroatoms. The molecule has 0 aromatic heterocycles. The van der Waals surface area contributed by atoms with E-state index in [-0.39, 0.29) is 30.3 Å². The molecule has 0 bridgehead atoms. The van der Waals surface area contributed by atoms with Gasteiger partial charge in [-0.3, -0.25) is 4.79 Å². The number of amides is 1. The van der Waals surface area contributed by atoms with Crippen molar-refractivity contribution in [2.24, 2.45) is 23.5 Å². The Labute approximate surface area is 105 Å². The van der Waals surface area contributed by atoms with E-state index in [4.69, 9.17) is 5.73 Å². The van der Waals surface area contributed by atoms with Gasteiger partial charge in [0.2, 0.25) is 5.91 Å². The Kier molecular flexibility index (Phi) is 6.34. The van der Waals surface area contributed by atoms with Gasteiger partial charge in [-0.15, -0.1) is 12.4 Å². The standard InChI is InChI=1S/C12H24N2O.ClH/c1-8(2)10-5-6-14(7-10)12(15)11(13)9(3)4;/h8-11H,5-7,13H2,1-4H3;1H/t10?,11-;/m1./s1. The molecule has 16 heavy (non-hydrogen) atoms. The van der Waals surface area contributed by atoms with E-state index in [1.54, 1.807) is 0 Å². The molecular weight excluding hydrogens is 224 g/mol. The molecular formula is C12H25ClN2O. The van der Waals surface area contributed by atoms with Gasteiger partial charge in [0.25, 0.3) is 0 Å². The maximum atomic E-state index is 12.0. The van der Waals surface area contributed by atoms with Gasteiger partial charge in [-0.2, -0.15) is 0 Å². The molecule has 3 nitrogen and oxygen atoms in total. The van der Waals surface area contributed by atoms with Crippen molar-refractivity contribution in [2.45, 2.75) is 40.2 Å². The highest BCUT2D eigenvalue weighted by Crippen LogP contribution is 2.24. The Bertz CT molecular complexity index is 231. The normalized spacial score (nSPS) is 22.4. The molecule has 1 heterocycles. The van der Waals surface area contributed by atoms with Crippen LogP contribution in [0.25, 0.3) is 0 Å². The lowest BCUT2D eigenvalue weighted by Gasteiger charge is -2.23. The van der Waals surface area contributed by atoms with E-state index in [1.807, 2.05) is 18.7 Å². The average molecular weight is 249 g/mol. The Morgan fingerprint density at radius 1 is 1.31 bits per heavy atom. The van der Waals surface area contributed by atoms with Crippen LogP contribution in [0.4, 0.5) is 0 Å². The molecule has 1 fully saturated rings. The van der Waals surface area contributed by atoms with E-state index < -0.39 is 0 Å². The highest BCUT2D eigenvalue weighted by atomic mass is 35.5. The second-order valence-corrected chi connectivity index (χ2v) is 5.35. The van der Waals surface area contributed by atoms with Gasteiger partial charge in [-0.25, -0.2) is 0 Å². The summed E-state index contributed by atoms with van der Waals surface area (Å²) < 4.78 is 0. The molecule has 1 unspecified atom stereocenters. The molecule has 0 radical (unpaired) electrons. The smallest absolute Gasteiger partial charge is 0.239 e. The maximum Gasteiger partial charge on any atom is 0.239 e. The molecule has 0 aromatic rings. The summed E-state index contributed by atoms with van der Waals surface area (Å²) in [6.45, 7) is 10.2. The van der Waals surface area contributed by atoms with Crippen molar-refractivity contribution in [1.82, 2.24) is 4.90 Å². The Hall–Kier alpha value is -0.280. The van der Waals surface area contributed by atoms with E-state index in [0.29, 0.717) is 11.8 Å². The van der Waals surface area contributed by atoms with Crippen LogP contribution in [0.1, 0.15) is 34.1 Å². The maximum absolute atomic E-state index is 12.0. The number of carbonyl (C=O) groups is 1. The Balaban J connectivity index is 0.00000225. The first-order chi connectivity index (χ1) is 6.93. The van der Waals surface area contributed by atoms with Crippen molar-refractivity contribution in [1.29, 1.82) is 0 Å². The Morgan fingerprint density at radius 2 is 1.88 bits per heavy atom. The first-order valence-corrected chi connectivity index (χ1v) is 5.97. The predicted molar refractivity (Wildman–Crippen MR) is 69.6 cm³/mol. The van der Waals surface area contributed by atoms with Gasteiger partial charge in [-0.1, -0.05) is 27.7 Å². The minimum absolute atomic E-state index is 0. The molecule has 2 N–H and O–H groups in total. The second-order valence-electron chi connectivity index (χ2n) is 5.35. The quantitative estimate of drug-likeness (QED) is 0.829. The third-order valence-corrected chi connectivity index (χ3v) is 3.48.